The highest BCUT2D eigenvalue weighted by molar-refractivity contribution is 6.62. The minimum Gasteiger partial charge on any atom is -0.493 e. The Hall–Kier alpha value is -1.89. The highest BCUT2D eigenvalue weighted by atomic mass is 16.7. The number of aromatic nitrogens is 1. The van der Waals surface area contributed by atoms with E-state index < -0.39 is 13.2 Å². The first-order valence-electron chi connectivity index (χ1n) is 9.47. The lowest BCUT2D eigenvalue weighted by Crippen LogP contribution is -2.41. The molecule has 1 N–H and O–H groups in total. The number of pyridine rings is 1. The number of ether oxygens (including phenoxy) is 1. The number of aliphatic hydroxyl groups is 1. The highest BCUT2D eigenvalue weighted by Crippen LogP contribution is 2.39. The van der Waals surface area contributed by atoms with Crippen molar-refractivity contribution in [1.82, 2.24) is 4.98 Å². The molecule has 0 bridgehead atoms. The standard InChI is InChI=1S/C21H26BNO4/c1-20(2)21(3,4)27-22(26-20)15-8-9-17-18(12-15)25-13-14(19(17)24)11-16-7-5-6-10-23-16/h5-10,12,14,19,24H,11,13H2,1-4H3/t14?,19-/m1/s1. The normalized spacial score (nSPS) is 25.7. The average molecular weight is 367 g/mol. The Morgan fingerprint density at radius 3 is 2.52 bits per heavy atom. The van der Waals surface area contributed by atoms with Gasteiger partial charge >= 0.3 is 7.12 Å². The van der Waals surface area contributed by atoms with Gasteiger partial charge in [0.05, 0.1) is 23.9 Å². The van der Waals surface area contributed by atoms with Gasteiger partial charge in [-0.3, -0.25) is 4.98 Å². The monoisotopic (exact) mass is 367 g/mol. The second-order valence-electron chi connectivity index (χ2n) is 8.43. The molecule has 1 saturated heterocycles. The molecule has 2 aromatic rings. The fraction of sp³-hybridized carbons (Fsp3) is 0.476. The van der Waals surface area contributed by atoms with Crippen LogP contribution >= 0.6 is 0 Å². The van der Waals surface area contributed by atoms with Crippen molar-refractivity contribution in [3.63, 3.8) is 0 Å². The topological polar surface area (TPSA) is 60.8 Å². The molecule has 4 rings (SSSR count). The van der Waals surface area contributed by atoms with Crippen molar-refractivity contribution in [2.24, 2.45) is 5.92 Å². The van der Waals surface area contributed by atoms with E-state index in [1.54, 1.807) is 6.20 Å². The Labute approximate surface area is 160 Å². The van der Waals surface area contributed by atoms with Crippen molar-refractivity contribution < 1.29 is 19.2 Å². The molecule has 27 heavy (non-hydrogen) atoms. The number of benzene rings is 1. The second kappa shape index (κ2) is 6.62. The van der Waals surface area contributed by atoms with E-state index >= 15 is 0 Å². The summed E-state index contributed by atoms with van der Waals surface area (Å²) in [6.45, 7) is 8.60. The zero-order valence-electron chi connectivity index (χ0n) is 16.3. The van der Waals surface area contributed by atoms with Crippen LogP contribution in [0.2, 0.25) is 0 Å². The molecule has 1 aromatic carbocycles. The molecule has 142 valence electrons. The van der Waals surface area contributed by atoms with E-state index in [4.69, 9.17) is 14.0 Å². The lowest BCUT2D eigenvalue weighted by atomic mass is 9.77. The van der Waals surface area contributed by atoms with E-state index in [9.17, 15) is 5.11 Å². The number of fused-ring (bicyclic) bond motifs is 1. The summed E-state index contributed by atoms with van der Waals surface area (Å²) < 4.78 is 18.2. The zero-order valence-corrected chi connectivity index (χ0v) is 16.3. The number of nitrogens with zero attached hydrogens (tertiary/aromatic N) is 1. The van der Waals surface area contributed by atoms with Crippen LogP contribution in [0, 0.1) is 5.92 Å². The van der Waals surface area contributed by atoms with Gasteiger partial charge in [0.2, 0.25) is 0 Å². The van der Waals surface area contributed by atoms with Crippen LogP contribution in [0.3, 0.4) is 0 Å². The zero-order chi connectivity index (χ0) is 19.2. The second-order valence-corrected chi connectivity index (χ2v) is 8.43. The van der Waals surface area contributed by atoms with Crippen LogP contribution in [0.15, 0.2) is 42.6 Å². The quantitative estimate of drug-likeness (QED) is 0.846. The Kier molecular flexibility index (Phi) is 4.53. The van der Waals surface area contributed by atoms with Crippen molar-refractivity contribution in [3.05, 3.63) is 53.9 Å². The SMILES string of the molecule is CC1(C)OB(c2ccc3c(c2)OCC(Cc2ccccn2)[C@H]3O)OC1(C)C. The minimum atomic E-state index is -0.580. The van der Waals surface area contributed by atoms with Gasteiger partial charge < -0.3 is 19.2 Å². The molecule has 0 spiro atoms. The smallest absolute Gasteiger partial charge is 0.493 e. The van der Waals surface area contributed by atoms with Gasteiger partial charge in [-0.1, -0.05) is 18.2 Å². The lowest BCUT2D eigenvalue weighted by Gasteiger charge is -2.32. The molecular formula is C21H26BNO4. The molecule has 1 fully saturated rings. The maximum Gasteiger partial charge on any atom is 0.494 e. The number of hydrogen-bond acceptors (Lipinski definition) is 5. The molecule has 3 heterocycles. The van der Waals surface area contributed by atoms with Gasteiger partial charge in [-0.2, -0.15) is 0 Å². The van der Waals surface area contributed by atoms with Gasteiger partial charge in [0.25, 0.3) is 0 Å². The maximum absolute atomic E-state index is 10.8. The molecule has 0 radical (unpaired) electrons. The molecule has 0 saturated carbocycles. The molecule has 1 aromatic heterocycles. The summed E-state index contributed by atoms with van der Waals surface area (Å²) in [5.74, 6) is 0.682. The molecule has 2 atom stereocenters. The van der Waals surface area contributed by atoms with E-state index in [1.165, 1.54) is 0 Å². The molecule has 5 nitrogen and oxygen atoms in total. The van der Waals surface area contributed by atoms with E-state index in [0.29, 0.717) is 18.8 Å². The van der Waals surface area contributed by atoms with Gasteiger partial charge in [-0.25, -0.2) is 0 Å². The van der Waals surface area contributed by atoms with Crippen LogP contribution in [0.25, 0.3) is 0 Å². The van der Waals surface area contributed by atoms with Crippen LogP contribution in [0.5, 0.6) is 5.75 Å². The van der Waals surface area contributed by atoms with Crippen LogP contribution in [0.4, 0.5) is 0 Å². The molecule has 2 aliphatic heterocycles. The Balaban J connectivity index is 1.53. The summed E-state index contributed by atoms with van der Waals surface area (Å²) in [7, 11) is -0.438. The van der Waals surface area contributed by atoms with E-state index in [-0.39, 0.29) is 17.1 Å². The summed E-state index contributed by atoms with van der Waals surface area (Å²) in [5.41, 5.74) is 1.90. The Bertz CT molecular complexity index is 808. The number of hydrogen-bond donors (Lipinski definition) is 1. The Morgan fingerprint density at radius 2 is 1.85 bits per heavy atom. The van der Waals surface area contributed by atoms with Crippen LogP contribution < -0.4 is 10.2 Å². The molecule has 0 aliphatic carbocycles. The molecule has 1 unspecified atom stereocenters. The average Bonchev–Trinajstić information content (AvgIpc) is 2.86. The summed E-state index contributed by atoms with van der Waals surface area (Å²) >= 11 is 0. The van der Waals surface area contributed by atoms with Gasteiger partial charge in [0.15, 0.2) is 0 Å². The van der Waals surface area contributed by atoms with Crippen molar-refractivity contribution in [2.75, 3.05) is 6.61 Å². The third kappa shape index (κ3) is 3.37. The van der Waals surface area contributed by atoms with Gasteiger partial charge in [0, 0.05) is 23.4 Å². The molecule has 6 heteroatoms. The first kappa shape index (κ1) is 18.5. The van der Waals surface area contributed by atoms with Gasteiger partial charge in [-0.05, 0) is 57.8 Å². The fourth-order valence-electron chi connectivity index (χ4n) is 3.55. The predicted octanol–water partition coefficient (Wildman–Crippen LogP) is 2.67. The fourth-order valence-corrected chi connectivity index (χ4v) is 3.55. The first-order chi connectivity index (χ1) is 12.8. The third-order valence-electron chi connectivity index (χ3n) is 5.98. The predicted molar refractivity (Wildman–Crippen MR) is 104 cm³/mol. The van der Waals surface area contributed by atoms with Crippen LogP contribution in [-0.2, 0) is 15.7 Å². The molecule has 2 aliphatic rings. The molecule has 0 amide bonds. The third-order valence-corrected chi connectivity index (χ3v) is 5.98. The van der Waals surface area contributed by atoms with E-state index in [0.717, 1.165) is 16.7 Å². The van der Waals surface area contributed by atoms with E-state index in [2.05, 4.69) is 4.98 Å². The summed E-state index contributed by atoms with van der Waals surface area (Å²) in [6.07, 6.45) is 1.87. The van der Waals surface area contributed by atoms with Crippen LogP contribution in [-0.4, -0.2) is 35.0 Å². The lowest BCUT2D eigenvalue weighted by molar-refractivity contribution is 0.00578. The van der Waals surface area contributed by atoms with Crippen molar-refractivity contribution in [2.45, 2.75) is 51.4 Å². The van der Waals surface area contributed by atoms with Crippen molar-refractivity contribution in [3.8, 4) is 5.75 Å². The summed E-state index contributed by atoms with van der Waals surface area (Å²) in [5, 5.41) is 10.8. The maximum atomic E-state index is 10.8. The Morgan fingerprint density at radius 1 is 1.11 bits per heavy atom. The van der Waals surface area contributed by atoms with Gasteiger partial charge in [0.1, 0.15) is 5.75 Å². The van der Waals surface area contributed by atoms with Crippen molar-refractivity contribution in [1.29, 1.82) is 0 Å². The summed E-state index contributed by atoms with van der Waals surface area (Å²) in [4.78, 5) is 4.36. The molecular weight excluding hydrogens is 341 g/mol. The summed E-state index contributed by atoms with van der Waals surface area (Å²) in [6, 6.07) is 11.6. The number of aliphatic hydroxyl groups excluding tert-OH is 1. The largest absolute Gasteiger partial charge is 0.494 e. The van der Waals surface area contributed by atoms with E-state index in [1.807, 2.05) is 64.1 Å². The van der Waals surface area contributed by atoms with Gasteiger partial charge in [-0.15, -0.1) is 0 Å². The highest BCUT2D eigenvalue weighted by Gasteiger charge is 2.52. The van der Waals surface area contributed by atoms with Crippen LogP contribution in [0.1, 0.15) is 45.1 Å². The minimum absolute atomic E-state index is 0.0184. The first-order valence-corrected chi connectivity index (χ1v) is 9.47. The number of rotatable bonds is 3. The van der Waals surface area contributed by atoms with Crippen molar-refractivity contribution >= 4 is 12.6 Å².